The van der Waals surface area contributed by atoms with Crippen molar-refractivity contribution in [2.45, 2.75) is 18.6 Å². The molecule has 24 heavy (non-hydrogen) atoms. The van der Waals surface area contributed by atoms with Gasteiger partial charge in [0.15, 0.2) is 5.69 Å². The minimum Gasteiger partial charge on any atom is -0.439 e. The Morgan fingerprint density at radius 3 is 2.46 bits per heavy atom. The topological polar surface area (TPSA) is 96.2 Å². The Labute approximate surface area is 140 Å². The van der Waals surface area contributed by atoms with Crippen LogP contribution < -0.4 is 16.2 Å². The van der Waals surface area contributed by atoms with Crippen LogP contribution in [0.4, 0.5) is 13.2 Å². The number of aryl methyl sites for hydroxylation is 1. The van der Waals surface area contributed by atoms with Crippen molar-refractivity contribution in [1.29, 1.82) is 0 Å². The summed E-state index contributed by atoms with van der Waals surface area (Å²) in [4.78, 5) is 11.0. The first-order valence-corrected chi connectivity index (χ1v) is 7.08. The highest BCUT2D eigenvalue weighted by Crippen LogP contribution is 2.40. The maximum Gasteiger partial charge on any atom is 0.435 e. The summed E-state index contributed by atoms with van der Waals surface area (Å²) in [6.07, 6.45) is -5.24. The number of carbonyl (C=O) groups is 1. The van der Waals surface area contributed by atoms with Crippen LogP contribution in [0.25, 0.3) is 0 Å². The summed E-state index contributed by atoms with van der Waals surface area (Å²) >= 11 is 5.76. The third kappa shape index (κ3) is 3.98. The Kier molecular flexibility index (Phi) is 5.05. The fourth-order valence-electron chi connectivity index (χ4n) is 2.12. The number of carbonyl (C=O) groups excluding carboxylic acids is 1. The summed E-state index contributed by atoms with van der Waals surface area (Å²) in [7, 11) is 1.28. The number of alkyl halides is 3. The molecule has 1 amide bonds. The van der Waals surface area contributed by atoms with Gasteiger partial charge in [-0.2, -0.15) is 18.3 Å². The van der Waals surface area contributed by atoms with Crippen LogP contribution in [0.1, 0.15) is 23.7 Å². The molecular formula is C14H14ClF3N4O2. The minimum absolute atomic E-state index is 0.224. The fourth-order valence-corrected chi connectivity index (χ4v) is 2.25. The number of ether oxygens (including phenoxy) is 1. The van der Waals surface area contributed by atoms with E-state index in [2.05, 4.69) is 5.10 Å². The highest BCUT2D eigenvalue weighted by Gasteiger charge is 2.41. The molecule has 4 N–H and O–H groups in total. The third-order valence-electron chi connectivity index (χ3n) is 3.12. The van der Waals surface area contributed by atoms with E-state index in [9.17, 15) is 18.0 Å². The molecule has 130 valence electrons. The lowest BCUT2D eigenvalue weighted by molar-refractivity contribution is -0.142. The van der Waals surface area contributed by atoms with Crippen molar-refractivity contribution in [2.75, 3.05) is 0 Å². The second kappa shape index (κ2) is 6.70. The molecule has 0 aliphatic heterocycles. The molecule has 0 radical (unpaired) electrons. The van der Waals surface area contributed by atoms with Gasteiger partial charge in [-0.15, -0.1) is 0 Å². The van der Waals surface area contributed by atoms with E-state index in [1.165, 1.54) is 31.3 Å². The summed E-state index contributed by atoms with van der Waals surface area (Å²) in [5.41, 5.74) is 9.11. The van der Waals surface area contributed by atoms with Crippen LogP contribution in [0.5, 0.6) is 11.6 Å². The molecule has 10 heteroatoms. The van der Waals surface area contributed by atoms with Crippen molar-refractivity contribution in [2.24, 2.45) is 18.5 Å². The molecule has 6 nitrogen and oxygen atoms in total. The number of nitrogens with two attached hydrogens (primary N) is 2. The monoisotopic (exact) mass is 362 g/mol. The van der Waals surface area contributed by atoms with Crippen LogP contribution in [0, 0.1) is 0 Å². The molecule has 1 atom stereocenters. The number of aromatic nitrogens is 2. The first-order valence-electron chi connectivity index (χ1n) is 6.71. The molecule has 0 fully saturated rings. The number of benzene rings is 1. The lowest BCUT2D eigenvalue weighted by Gasteiger charge is -2.15. The van der Waals surface area contributed by atoms with Gasteiger partial charge in [-0.05, 0) is 24.3 Å². The number of halogens is 4. The second-order valence-electron chi connectivity index (χ2n) is 5.02. The molecule has 0 aliphatic rings. The van der Waals surface area contributed by atoms with Gasteiger partial charge >= 0.3 is 6.18 Å². The summed E-state index contributed by atoms with van der Waals surface area (Å²) in [5, 5.41) is 3.87. The maximum atomic E-state index is 13.2. The van der Waals surface area contributed by atoms with Gasteiger partial charge in [-0.3, -0.25) is 4.79 Å². The van der Waals surface area contributed by atoms with E-state index in [4.69, 9.17) is 27.8 Å². The van der Waals surface area contributed by atoms with E-state index >= 15 is 0 Å². The summed E-state index contributed by atoms with van der Waals surface area (Å²) in [6, 6.07) is 4.68. The zero-order valence-electron chi connectivity index (χ0n) is 12.5. The number of rotatable bonds is 5. The van der Waals surface area contributed by atoms with Crippen molar-refractivity contribution in [1.82, 2.24) is 9.78 Å². The largest absolute Gasteiger partial charge is 0.439 e. The van der Waals surface area contributed by atoms with E-state index in [-0.39, 0.29) is 11.6 Å². The van der Waals surface area contributed by atoms with Crippen molar-refractivity contribution < 1.29 is 22.7 Å². The average molecular weight is 363 g/mol. The minimum atomic E-state index is -4.76. The molecule has 1 aromatic carbocycles. The van der Waals surface area contributed by atoms with E-state index < -0.39 is 35.8 Å². The molecule has 0 aliphatic carbocycles. The van der Waals surface area contributed by atoms with Gasteiger partial charge < -0.3 is 16.2 Å². The smallest absolute Gasteiger partial charge is 0.435 e. The van der Waals surface area contributed by atoms with Crippen LogP contribution in [0.3, 0.4) is 0 Å². The van der Waals surface area contributed by atoms with Gasteiger partial charge in [0.25, 0.3) is 0 Å². The summed E-state index contributed by atoms with van der Waals surface area (Å²) < 4.78 is 46.0. The second-order valence-corrected chi connectivity index (χ2v) is 5.46. The van der Waals surface area contributed by atoms with Crippen molar-refractivity contribution in [3.63, 3.8) is 0 Å². The lowest BCUT2D eigenvalue weighted by Crippen LogP contribution is -2.23. The molecule has 0 spiro atoms. The zero-order valence-corrected chi connectivity index (χ0v) is 13.2. The standard InChI is InChI=1S/C14H14ClF3N4O2/c1-22-13(24-8-4-2-7(15)3-5-8)11(9(19)6-10(20)23)12(21-22)14(16,17)18/h2-5,9H,6,19H2,1H3,(H2,20,23). The van der Waals surface area contributed by atoms with E-state index in [0.29, 0.717) is 5.02 Å². The van der Waals surface area contributed by atoms with E-state index in [1.54, 1.807) is 0 Å². The Morgan fingerprint density at radius 2 is 1.96 bits per heavy atom. The zero-order chi connectivity index (χ0) is 18.1. The van der Waals surface area contributed by atoms with Crippen molar-refractivity contribution in [3.8, 4) is 11.6 Å². The van der Waals surface area contributed by atoms with E-state index in [1.807, 2.05) is 0 Å². The fraction of sp³-hybridized carbons (Fsp3) is 0.286. The van der Waals surface area contributed by atoms with Crippen LogP contribution in [-0.2, 0) is 18.0 Å². The predicted molar refractivity (Wildman–Crippen MR) is 80.5 cm³/mol. The number of nitrogens with zero attached hydrogens (tertiary/aromatic N) is 2. The molecule has 2 rings (SSSR count). The summed E-state index contributed by atoms with van der Waals surface area (Å²) in [6.45, 7) is 0. The normalized spacial score (nSPS) is 12.9. The number of hydrogen-bond acceptors (Lipinski definition) is 4. The maximum absolute atomic E-state index is 13.2. The van der Waals surface area contributed by atoms with Gasteiger partial charge in [-0.1, -0.05) is 11.6 Å². The Hall–Kier alpha value is -2.26. The molecule has 0 saturated carbocycles. The van der Waals surface area contributed by atoms with Crippen LogP contribution >= 0.6 is 11.6 Å². The molecule has 1 heterocycles. The first-order chi connectivity index (χ1) is 11.1. The molecule has 2 aromatic rings. The molecule has 1 aromatic heterocycles. The van der Waals surface area contributed by atoms with E-state index in [0.717, 1.165) is 4.68 Å². The van der Waals surface area contributed by atoms with Gasteiger partial charge in [0.1, 0.15) is 5.75 Å². The predicted octanol–water partition coefficient (Wildman–Crippen LogP) is 2.76. The Balaban J connectivity index is 2.51. The Morgan fingerprint density at radius 1 is 1.38 bits per heavy atom. The molecule has 0 saturated heterocycles. The lowest BCUT2D eigenvalue weighted by atomic mass is 10.0. The van der Waals surface area contributed by atoms with Crippen molar-refractivity contribution >= 4 is 17.5 Å². The van der Waals surface area contributed by atoms with Crippen LogP contribution in [-0.4, -0.2) is 15.7 Å². The van der Waals surface area contributed by atoms with Gasteiger partial charge in [0.05, 0.1) is 5.56 Å². The highest BCUT2D eigenvalue weighted by molar-refractivity contribution is 6.30. The summed E-state index contributed by atoms with van der Waals surface area (Å²) in [5.74, 6) is -0.820. The molecular weight excluding hydrogens is 349 g/mol. The number of primary amides is 1. The van der Waals surface area contributed by atoms with Crippen molar-refractivity contribution in [3.05, 3.63) is 40.5 Å². The molecule has 1 unspecified atom stereocenters. The highest BCUT2D eigenvalue weighted by atomic mass is 35.5. The van der Waals surface area contributed by atoms with Gasteiger partial charge in [-0.25, -0.2) is 4.68 Å². The average Bonchev–Trinajstić information content (AvgIpc) is 2.78. The molecule has 0 bridgehead atoms. The third-order valence-corrected chi connectivity index (χ3v) is 3.37. The first kappa shape index (κ1) is 18.1. The SMILES string of the molecule is Cn1nc(C(F)(F)F)c(C(N)CC(N)=O)c1Oc1ccc(Cl)cc1. The van der Waals surface area contributed by atoms with Gasteiger partial charge in [0.2, 0.25) is 11.8 Å². The Bertz CT molecular complexity index is 744. The van der Waals surface area contributed by atoms with Crippen LogP contribution in [0.2, 0.25) is 5.02 Å². The van der Waals surface area contributed by atoms with Crippen LogP contribution in [0.15, 0.2) is 24.3 Å². The number of amides is 1. The van der Waals surface area contributed by atoms with Gasteiger partial charge in [0, 0.05) is 24.5 Å². The number of hydrogen-bond donors (Lipinski definition) is 2. The quantitative estimate of drug-likeness (QED) is 0.854.